The molecule has 0 saturated heterocycles. The second-order valence-corrected chi connectivity index (χ2v) is 5.69. The van der Waals surface area contributed by atoms with Gasteiger partial charge in [0.15, 0.2) is 0 Å². The van der Waals surface area contributed by atoms with Crippen molar-refractivity contribution in [3.8, 4) is 0 Å². The van der Waals surface area contributed by atoms with Gasteiger partial charge in [-0.05, 0) is 43.7 Å². The van der Waals surface area contributed by atoms with Crippen LogP contribution in [0.3, 0.4) is 0 Å². The van der Waals surface area contributed by atoms with Crippen LogP contribution in [0, 0.1) is 0 Å². The molecule has 0 aliphatic heterocycles. The zero-order valence-corrected chi connectivity index (χ0v) is 12.5. The van der Waals surface area contributed by atoms with Crippen LogP contribution in [-0.2, 0) is 11.2 Å². The second-order valence-electron chi connectivity index (χ2n) is 5.69. The number of aryl methyl sites for hydroxylation is 1. The number of methoxy groups -OCH3 is 1. The summed E-state index contributed by atoms with van der Waals surface area (Å²) in [5.74, 6) is 0. The van der Waals surface area contributed by atoms with Crippen LogP contribution in [0.2, 0.25) is 0 Å². The van der Waals surface area contributed by atoms with Gasteiger partial charge in [-0.1, -0.05) is 37.6 Å². The van der Waals surface area contributed by atoms with E-state index in [2.05, 4.69) is 43.4 Å². The molecule has 1 aliphatic carbocycles. The van der Waals surface area contributed by atoms with E-state index in [0.717, 1.165) is 0 Å². The zero-order valence-electron chi connectivity index (χ0n) is 12.5. The van der Waals surface area contributed by atoms with Gasteiger partial charge in [-0.25, -0.2) is 0 Å². The fourth-order valence-electron chi connectivity index (χ4n) is 3.08. The molecule has 0 spiro atoms. The minimum Gasteiger partial charge on any atom is -0.380 e. The summed E-state index contributed by atoms with van der Waals surface area (Å²) in [6.07, 6.45) is 6.48. The average molecular weight is 261 g/mol. The van der Waals surface area contributed by atoms with Crippen molar-refractivity contribution >= 4 is 0 Å². The van der Waals surface area contributed by atoms with Crippen LogP contribution in [0.4, 0.5) is 0 Å². The number of benzene rings is 1. The molecule has 3 atom stereocenters. The van der Waals surface area contributed by atoms with Crippen LogP contribution in [0.5, 0.6) is 0 Å². The van der Waals surface area contributed by atoms with Gasteiger partial charge in [0, 0.05) is 19.2 Å². The van der Waals surface area contributed by atoms with E-state index in [1.807, 2.05) is 7.11 Å². The van der Waals surface area contributed by atoms with Crippen molar-refractivity contribution in [3.63, 3.8) is 0 Å². The quantitative estimate of drug-likeness (QED) is 0.839. The van der Waals surface area contributed by atoms with E-state index >= 15 is 0 Å². The molecule has 106 valence electrons. The molecule has 1 aromatic rings. The Kier molecular flexibility index (Phi) is 5.41. The molecule has 2 rings (SSSR count). The van der Waals surface area contributed by atoms with E-state index in [1.165, 1.54) is 43.2 Å². The Morgan fingerprint density at radius 2 is 2.00 bits per heavy atom. The summed E-state index contributed by atoms with van der Waals surface area (Å²) >= 11 is 0. The van der Waals surface area contributed by atoms with E-state index in [9.17, 15) is 0 Å². The molecule has 1 saturated carbocycles. The van der Waals surface area contributed by atoms with Crippen LogP contribution in [-0.4, -0.2) is 19.3 Å². The number of nitrogens with one attached hydrogen (secondary N) is 1. The third-order valence-corrected chi connectivity index (χ3v) is 4.24. The normalized spacial score (nSPS) is 24.6. The van der Waals surface area contributed by atoms with Crippen molar-refractivity contribution in [1.29, 1.82) is 0 Å². The van der Waals surface area contributed by atoms with E-state index < -0.39 is 0 Å². The third-order valence-electron chi connectivity index (χ3n) is 4.24. The fourth-order valence-corrected chi connectivity index (χ4v) is 3.08. The first kappa shape index (κ1) is 14.5. The highest BCUT2D eigenvalue weighted by atomic mass is 16.5. The molecule has 0 amide bonds. The van der Waals surface area contributed by atoms with Crippen molar-refractivity contribution in [2.45, 2.75) is 64.1 Å². The summed E-state index contributed by atoms with van der Waals surface area (Å²) in [6, 6.07) is 9.96. The standard InChI is InChI=1S/C17H27NO/c1-4-6-14-9-11-15(12-10-14)13(2)18-16-7-5-8-17(16)19-3/h9-13,16-18H,4-8H2,1-3H3. The molecule has 2 nitrogen and oxygen atoms in total. The molecule has 0 aromatic heterocycles. The van der Waals surface area contributed by atoms with E-state index in [4.69, 9.17) is 4.74 Å². The Morgan fingerprint density at radius 3 is 2.63 bits per heavy atom. The number of rotatable bonds is 6. The third kappa shape index (κ3) is 3.80. The molecule has 0 radical (unpaired) electrons. The summed E-state index contributed by atoms with van der Waals surface area (Å²) in [4.78, 5) is 0. The summed E-state index contributed by atoms with van der Waals surface area (Å²) in [5, 5.41) is 3.72. The SMILES string of the molecule is CCCc1ccc(C(C)NC2CCCC2OC)cc1. The lowest BCUT2D eigenvalue weighted by Gasteiger charge is -2.24. The molecule has 0 heterocycles. The second kappa shape index (κ2) is 7.06. The van der Waals surface area contributed by atoms with Crippen LogP contribution >= 0.6 is 0 Å². The molecular formula is C17H27NO. The monoisotopic (exact) mass is 261 g/mol. The highest BCUT2D eigenvalue weighted by Crippen LogP contribution is 2.24. The lowest BCUT2D eigenvalue weighted by Crippen LogP contribution is -2.38. The van der Waals surface area contributed by atoms with Crippen LogP contribution in [0.15, 0.2) is 24.3 Å². The van der Waals surface area contributed by atoms with Crippen LogP contribution in [0.25, 0.3) is 0 Å². The Bertz CT molecular complexity index is 373. The molecule has 0 bridgehead atoms. The highest BCUT2D eigenvalue weighted by Gasteiger charge is 2.28. The van der Waals surface area contributed by atoms with Gasteiger partial charge in [-0.15, -0.1) is 0 Å². The Balaban J connectivity index is 1.93. The molecule has 2 heteroatoms. The van der Waals surface area contributed by atoms with Gasteiger partial charge in [-0.3, -0.25) is 0 Å². The zero-order chi connectivity index (χ0) is 13.7. The topological polar surface area (TPSA) is 21.3 Å². The minimum atomic E-state index is 0.391. The maximum Gasteiger partial charge on any atom is 0.0724 e. The van der Waals surface area contributed by atoms with Gasteiger partial charge < -0.3 is 10.1 Å². The first-order valence-corrected chi connectivity index (χ1v) is 7.62. The number of hydrogen-bond donors (Lipinski definition) is 1. The van der Waals surface area contributed by atoms with Gasteiger partial charge in [0.2, 0.25) is 0 Å². The van der Waals surface area contributed by atoms with E-state index in [0.29, 0.717) is 18.2 Å². The Labute approximate surface area is 117 Å². The van der Waals surface area contributed by atoms with Gasteiger partial charge in [-0.2, -0.15) is 0 Å². The molecule has 1 aromatic carbocycles. The van der Waals surface area contributed by atoms with Gasteiger partial charge >= 0.3 is 0 Å². The molecular weight excluding hydrogens is 234 g/mol. The van der Waals surface area contributed by atoms with Crippen molar-refractivity contribution in [2.24, 2.45) is 0 Å². The maximum absolute atomic E-state index is 5.55. The van der Waals surface area contributed by atoms with E-state index in [-0.39, 0.29) is 0 Å². The first-order chi connectivity index (χ1) is 9.24. The summed E-state index contributed by atoms with van der Waals surface area (Å²) in [7, 11) is 1.83. The minimum absolute atomic E-state index is 0.391. The lowest BCUT2D eigenvalue weighted by molar-refractivity contribution is 0.0820. The number of ether oxygens (including phenoxy) is 1. The Hall–Kier alpha value is -0.860. The van der Waals surface area contributed by atoms with Crippen molar-refractivity contribution < 1.29 is 4.74 Å². The fraction of sp³-hybridized carbons (Fsp3) is 0.647. The largest absolute Gasteiger partial charge is 0.380 e. The van der Waals surface area contributed by atoms with Crippen molar-refractivity contribution in [3.05, 3.63) is 35.4 Å². The molecule has 1 fully saturated rings. The number of hydrogen-bond acceptors (Lipinski definition) is 2. The lowest BCUT2D eigenvalue weighted by atomic mass is 10.0. The molecule has 3 unspecified atom stereocenters. The summed E-state index contributed by atoms with van der Waals surface area (Å²) in [5.41, 5.74) is 2.82. The van der Waals surface area contributed by atoms with Crippen LogP contribution in [0.1, 0.15) is 56.7 Å². The maximum atomic E-state index is 5.55. The smallest absolute Gasteiger partial charge is 0.0724 e. The molecule has 19 heavy (non-hydrogen) atoms. The van der Waals surface area contributed by atoms with E-state index in [1.54, 1.807) is 0 Å². The first-order valence-electron chi connectivity index (χ1n) is 7.62. The predicted molar refractivity (Wildman–Crippen MR) is 80.4 cm³/mol. The summed E-state index contributed by atoms with van der Waals surface area (Å²) in [6.45, 7) is 4.48. The van der Waals surface area contributed by atoms with Gasteiger partial charge in [0.1, 0.15) is 0 Å². The van der Waals surface area contributed by atoms with Gasteiger partial charge in [0.05, 0.1) is 6.10 Å². The van der Waals surface area contributed by atoms with Crippen molar-refractivity contribution in [1.82, 2.24) is 5.32 Å². The molecule has 1 aliphatic rings. The average Bonchev–Trinajstić information content (AvgIpc) is 2.87. The van der Waals surface area contributed by atoms with Crippen molar-refractivity contribution in [2.75, 3.05) is 7.11 Å². The van der Waals surface area contributed by atoms with Gasteiger partial charge in [0.25, 0.3) is 0 Å². The molecule has 1 N–H and O–H groups in total. The summed E-state index contributed by atoms with van der Waals surface area (Å²) < 4.78 is 5.55. The van der Waals surface area contributed by atoms with Crippen LogP contribution < -0.4 is 5.32 Å². The Morgan fingerprint density at radius 1 is 1.26 bits per heavy atom. The predicted octanol–water partition coefficient (Wildman–Crippen LogP) is 3.86. The highest BCUT2D eigenvalue weighted by molar-refractivity contribution is 5.25.